The zero-order valence-corrected chi connectivity index (χ0v) is 14.9. The van der Waals surface area contributed by atoms with Crippen molar-refractivity contribution in [2.75, 3.05) is 33.5 Å². The predicted octanol–water partition coefficient (Wildman–Crippen LogP) is 1.76. The van der Waals surface area contributed by atoms with Crippen molar-refractivity contribution in [2.45, 2.75) is 75.9 Å². The van der Waals surface area contributed by atoms with Gasteiger partial charge in [0, 0.05) is 20.3 Å². The van der Waals surface area contributed by atoms with E-state index in [4.69, 9.17) is 18.9 Å². The Kier molecular flexibility index (Phi) is 6.49. The lowest BCUT2D eigenvalue weighted by Gasteiger charge is -2.46. The highest BCUT2D eigenvalue weighted by atomic mass is 16.5. The van der Waals surface area contributed by atoms with E-state index in [-0.39, 0.29) is 30.3 Å². The standard InChI is InChI=1S/C18H31NO5/c1-13(24-12-15-5-3-4-9-22-15)18(20)19-8-10-23-17-7-6-14(21-2)11-16(17)19/h13-17H,3-12H2,1-2H3. The second-order valence-electron chi connectivity index (χ2n) is 7.14. The highest BCUT2D eigenvalue weighted by molar-refractivity contribution is 5.81. The minimum absolute atomic E-state index is 0.0702. The summed E-state index contributed by atoms with van der Waals surface area (Å²) in [6.45, 7) is 4.42. The molecule has 5 unspecified atom stereocenters. The molecule has 24 heavy (non-hydrogen) atoms. The van der Waals surface area contributed by atoms with Crippen LogP contribution in [0.4, 0.5) is 0 Å². The summed E-state index contributed by atoms with van der Waals surface area (Å²) in [5.74, 6) is 0.0702. The Hall–Kier alpha value is -0.690. The maximum atomic E-state index is 12.9. The average molecular weight is 341 g/mol. The normalized spacial score (nSPS) is 35.3. The predicted molar refractivity (Wildman–Crippen MR) is 88.9 cm³/mol. The van der Waals surface area contributed by atoms with E-state index in [0.717, 1.165) is 38.7 Å². The fourth-order valence-corrected chi connectivity index (χ4v) is 4.06. The van der Waals surface area contributed by atoms with Gasteiger partial charge in [-0.3, -0.25) is 4.79 Å². The minimum Gasteiger partial charge on any atom is -0.381 e. The third kappa shape index (κ3) is 4.28. The number of methoxy groups -OCH3 is 1. The SMILES string of the molecule is COC1CCC2OCCN(C(=O)C(C)OCC3CCCCO3)C2C1. The quantitative estimate of drug-likeness (QED) is 0.763. The van der Waals surface area contributed by atoms with Gasteiger partial charge in [-0.1, -0.05) is 0 Å². The molecule has 0 aromatic carbocycles. The van der Waals surface area contributed by atoms with Crippen LogP contribution in [0.3, 0.4) is 0 Å². The van der Waals surface area contributed by atoms with E-state index < -0.39 is 6.10 Å². The highest BCUT2D eigenvalue weighted by Gasteiger charge is 2.41. The van der Waals surface area contributed by atoms with Crippen LogP contribution in [0.1, 0.15) is 45.4 Å². The Balaban J connectivity index is 1.53. The molecule has 0 radical (unpaired) electrons. The minimum atomic E-state index is -0.433. The van der Waals surface area contributed by atoms with Crippen LogP contribution in [0.25, 0.3) is 0 Å². The summed E-state index contributed by atoms with van der Waals surface area (Å²) >= 11 is 0. The first-order chi connectivity index (χ1) is 11.7. The topological polar surface area (TPSA) is 57.2 Å². The molecule has 1 amide bonds. The average Bonchev–Trinajstić information content (AvgIpc) is 2.65. The molecule has 2 aliphatic heterocycles. The van der Waals surface area contributed by atoms with Gasteiger partial charge in [0.15, 0.2) is 0 Å². The van der Waals surface area contributed by atoms with Gasteiger partial charge in [-0.25, -0.2) is 0 Å². The van der Waals surface area contributed by atoms with Gasteiger partial charge >= 0.3 is 0 Å². The molecule has 1 aliphatic carbocycles. The van der Waals surface area contributed by atoms with Crippen LogP contribution in [0.15, 0.2) is 0 Å². The second kappa shape index (κ2) is 8.61. The maximum Gasteiger partial charge on any atom is 0.251 e. The van der Waals surface area contributed by atoms with E-state index in [1.165, 1.54) is 6.42 Å². The Bertz CT molecular complexity index is 412. The summed E-state index contributed by atoms with van der Waals surface area (Å²) in [6, 6.07) is 0.113. The van der Waals surface area contributed by atoms with Gasteiger partial charge in [0.1, 0.15) is 6.10 Å². The van der Waals surface area contributed by atoms with Crippen LogP contribution in [0.2, 0.25) is 0 Å². The molecular formula is C18H31NO5. The molecule has 0 aromatic rings. The molecule has 0 aromatic heterocycles. The number of carbonyl (C=O) groups is 1. The smallest absolute Gasteiger partial charge is 0.251 e. The Morgan fingerprint density at radius 1 is 1.21 bits per heavy atom. The Morgan fingerprint density at radius 3 is 2.83 bits per heavy atom. The molecule has 5 atom stereocenters. The lowest BCUT2D eigenvalue weighted by molar-refractivity contribution is -0.166. The fraction of sp³-hybridized carbons (Fsp3) is 0.944. The molecule has 0 bridgehead atoms. The number of hydrogen-bond acceptors (Lipinski definition) is 5. The van der Waals surface area contributed by atoms with Gasteiger partial charge in [0.25, 0.3) is 5.91 Å². The largest absolute Gasteiger partial charge is 0.381 e. The zero-order chi connectivity index (χ0) is 16.9. The first-order valence-corrected chi connectivity index (χ1v) is 9.37. The van der Waals surface area contributed by atoms with Crippen molar-refractivity contribution in [1.29, 1.82) is 0 Å². The van der Waals surface area contributed by atoms with E-state index in [1.807, 2.05) is 11.8 Å². The van der Waals surface area contributed by atoms with Crippen LogP contribution in [-0.2, 0) is 23.7 Å². The monoisotopic (exact) mass is 341 g/mol. The molecule has 6 nitrogen and oxygen atoms in total. The number of ether oxygens (including phenoxy) is 4. The number of nitrogens with zero attached hydrogens (tertiary/aromatic N) is 1. The molecule has 0 N–H and O–H groups in total. The van der Waals surface area contributed by atoms with Gasteiger partial charge in [0.05, 0.1) is 37.6 Å². The van der Waals surface area contributed by atoms with E-state index in [1.54, 1.807) is 7.11 Å². The van der Waals surface area contributed by atoms with E-state index in [9.17, 15) is 4.79 Å². The van der Waals surface area contributed by atoms with Crippen molar-refractivity contribution in [3.63, 3.8) is 0 Å². The van der Waals surface area contributed by atoms with Crippen LogP contribution >= 0.6 is 0 Å². The fourth-order valence-electron chi connectivity index (χ4n) is 4.06. The Morgan fingerprint density at radius 2 is 2.08 bits per heavy atom. The summed E-state index contributed by atoms with van der Waals surface area (Å²) in [7, 11) is 1.75. The number of amides is 1. The molecule has 0 spiro atoms. The molecule has 2 saturated heterocycles. The van der Waals surface area contributed by atoms with Crippen molar-refractivity contribution in [3.8, 4) is 0 Å². The summed E-state index contributed by atoms with van der Waals surface area (Å²) in [5, 5.41) is 0. The number of hydrogen-bond donors (Lipinski definition) is 0. The number of fused-ring (bicyclic) bond motifs is 1. The molecule has 3 rings (SSSR count). The van der Waals surface area contributed by atoms with Gasteiger partial charge < -0.3 is 23.8 Å². The van der Waals surface area contributed by atoms with Crippen LogP contribution in [-0.4, -0.2) is 74.7 Å². The zero-order valence-electron chi connectivity index (χ0n) is 14.9. The lowest BCUT2D eigenvalue weighted by Crippen LogP contribution is -2.58. The highest BCUT2D eigenvalue weighted by Crippen LogP contribution is 2.30. The van der Waals surface area contributed by atoms with Crippen LogP contribution in [0.5, 0.6) is 0 Å². The second-order valence-corrected chi connectivity index (χ2v) is 7.14. The first kappa shape index (κ1) is 18.1. The molecule has 138 valence electrons. The number of carbonyl (C=O) groups excluding carboxylic acids is 1. The first-order valence-electron chi connectivity index (χ1n) is 9.37. The van der Waals surface area contributed by atoms with Crippen molar-refractivity contribution in [2.24, 2.45) is 0 Å². The number of morpholine rings is 1. The third-order valence-electron chi connectivity index (χ3n) is 5.54. The van der Waals surface area contributed by atoms with Gasteiger partial charge in [0.2, 0.25) is 0 Å². The summed E-state index contributed by atoms with van der Waals surface area (Å²) in [4.78, 5) is 14.8. The van der Waals surface area contributed by atoms with Crippen molar-refractivity contribution in [1.82, 2.24) is 4.90 Å². The molecule has 1 saturated carbocycles. The van der Waals surface area contributed by atoms with E-state index in [0.29, 0.717) is 19.8 Å². The van der Waals surface area contributed by atoms with Crippen molar-refractivity contribution >= 4 is 5.91 Å². The number of rotatable bonds is 5. The summed E-state index contributed by atoms with van der Waals surface area (Å²) in [6.07, 6.45) is 6.21. The summed E-state index contributed by atoms with van der Waals surface area (Å²) in [5.41, 5.74) is 0. The molecule has 3 fully saturated rings. The molecule has 2 heterocycles. The molecule has 6 heteroatoms. The van der Waals surface area contributed by atoms with Crippen molar-refractivity contribution < 1.29 is 23.7 Å². The lowest BCUT2D eigenvalue weighted by atomic mass is 9.87. The van der Waals surface area contributed by atoms with Crippen LogP contribution < -0.4 is 0 Å². The van der Waals surface area contributed by atoms with E-state index >= 15 is 0 Å². The van der Waals surface area contributed by atoms with Gasteiger partial charge in [-0.15, -0.1) is 0 Å². The Labute approximate surface area is 144 Å². The molecular weight excluding hydrogens is 310 g/mol. The molecule has 3 aliphatic rings. The van der Waals surface area contributed by atoms with Crippen LogP contribution in [0, 0.1) is 0 Å². The van der Waals surface area contributed by atoms with E-state index in [2.05, 4.69) is 0 Å². The maximum absolute atomic E-state index is 12.9. The van der Waals surface area contributed by atoms with Gasteiger partial charge in [-0.05, 0) is 45.4 Å². The van der Waals surface area contributed by atoms with Gasteiger partial charge in [-0.2, -0.15) is 0 Å². The third-order valence-corrected chi connectivity index (χ3v) is 5.54. The summed E-state index contributed by atoms with van der Waals surface area (Å²) < 4.78 is 22.9. The van der Waals surface area contributed by atoms with Crippen molar-refractivity contribution in [3.05, 3.63) is 0 Å².